The number of carbonyl (C=O) groups is 1. The maximum absolute atomic E-state index is 10.6. The zero-order valence-electron chi connectivity index (χ0n) is 6.91. The molecule has 68 valence electrons. The van der Waals surface area contributed by atoms with Crippen LogP contribution in [0.15, 0.2) is 18.2 Å². The van der Waals surface area contributed by atoms with Crippen LogP contribution in [0.1, 0.15) is 10.4 Å². The number of hydrogen-bond donors (Lipinski definition) is 2. The summed E-state index contributed by atoms with van der Waals surface area (Å²) in [5.41, 5.74) is 1.03. The predicted molar refractivity (Wildman–Crippen MR) is 47.4 cm³/mol. The van der Waals surface area contributed by atoms with Gasteiger partial charge in [-0.3, -0.25) is 0 Å². The average molecular weight is 179 g/mol. The Kier molecular flexibility index (Phi) is 1.81. The highest BCUT2D eigenvalue weighted by Gasteiger charge is 2.11. The maximum atomic E-state index is 10.6. The first-order valence-electron chi connectivity index (χ1n) is 4.01. The highest BCUT2D eigenvalue weighted by molar-refractivity contribution is 5.89. The Bertz CT molecular complexity index is 349. The van der Waals surface area contributed by atoms with E-state index in [0.717, 1.165) is 18.0 Å². The molecule has 1 aliphatic rings. The normalized spacial score (nSPS) is 13.8. The molecule has 0 spiro atoms. The van der Waals surface area contributed by atoms with E-state index < -0.39 is 5.97 Å². The van der Waals surface area contributed by atoms with Crippen molar-refractivity contribution in [3.05, 3.63) is 23.8 Å². The van der Waals surface area contributed by atoms with Gasteiger partial charge in [0.1, 0.15) is 12.4 Å². The number of benzene rings is 1. The smallest absolute Gasteiger partial charge is 0.335 e. The third kappa shape index (κ3) is 1.42. The van der Waals surface area contributed by atoms with E-state index >= 15 is 0 Å². The van der Waals surface area contributed by atoms with Crippen molar-refractivity contribution < 1.29 is 14.6 Å². The quantitative estimate of drug-likeness (QED) is 0.679. The predicted octanol–water partition coefficient (Wildman–Crippen LogP) is 1.19. The average Bonchev–Trinajstić information content (AvgIpc) is 2.17. The lowest BCUT2D eigenvalue weighted by Gasteiger charge is -2.18. The number of carboxylic acids is 1. The molecule has 0 aromatic heterocycles. The second-order valence-electron chi connectivity index (χ2n) is 2.79. The van der Waals surface area contributed by atoms with Gasteiger partial charge in [0.25, 0.3) is 0 Å². The first-order chi connectivity index (χ1) is 6.27. The Labute approximate surface area is 75.1 Å². The molecule has 1 aromatic rings. The fraction of sp³-hybridized carbons (Fsp3) is 0.222. The second kappa shape index (κ2) is 2.97. The van der Waals surface area contributed by atoms with Crippen molar-refractivity contribution in [3.63, 3.8) is 0 Å². The van der Waals surface area contributed by atoms with Gasteiger partial charge in [0.15, 0.2) is 0 Å². The molecule has 1 aromatic carbocycles. The minimum Gasteiger partial charge on any atom is -0.490 e. The number of anilines is 1. The van der Waals surface area contributed by atoms with Gasteiger partial charge in [-0.1, -0.05) is 0 Å². The molecule has 1 aliphatic heterocycles. The largest absolute Gasteiger partial charge is 0.490 e. The van der Waals surface area contributed by atoms with Crippen molar-refractivity contribution in [2.45, 2.75) is 0 Å². The van der Waals surface area contributed by atoms with Crippen molar-refractivity contribution in [3.8, 4) is 5.75 Å². The van der Waals surface area contributed by atoms with Gasteiger partial charge in [-0.15, -0.1) is 0 Å². The molecule has 0 bridgehead atoms. The van der Waals surface area contributed by atoms with Crippen LogP contribution >= 0.6 is 0 Å². The van der Waals surface area contributed by atoms with E-state index in [1.807, 2.05) is 0 Å². The molecule has 4 heteroatoms. The minimum atomic E-state index is -0.921. The van der Waals surface area contributed by atoms with Crippen LogP contribution in [0.2, 0.25) is 0 Å². The summed E-state index contributed by atoms with van der Waals surface area (Å²) < 4.78 is 5.30. The summed E-state index contributed by atoms with van der Waals surface area (Å²) in [7, 11) is 0. The summed E-state index contributed by atoms with van der Waals surface area (Å²) in [6.45, 7) is 1.34. The number of nitrogens with one attached hydrogen (secondary N) is 1. The molecule has 13 heavy (non-hydrogen) atoms. The summed E-state index contributed by atoms with van der Waals surface area (Å²) in [4.78, 5) is 10.6. The van der Waals surface area contributed by atoms with Gasteiger partial charge in [-0.25, -0.2) is 4.79 Å². The molecule has 2 N–H and O–H groups in total. The Balaban J connectivity index is 2.40. The van der Waals surface area contributed by atoms with Crippen molar-refractivity contribution in [1.29, 1.82) is 0 Å². The topological polar surface area (TPSA) is 58.6 Å². The zero-order chi connectivity index (χ0) is 9.26. The van der Waals surface area contributed by atoms with Crippen LogP contribution in [0, 0.1) is 0 Å². The van der Waals surface area contributed by atoms with E-state index in [1.165, 1.54) is 6.07 Å². The number of ether oxygens (including phenoxy) is 1. The van der Waals surface area contributed by atoms with Gasteiger partial charge < -0.3 is 15.2 Å². The summed E-state index contributed by atoms with van der Waals surface area (Å²) in [5, 5.41) is 11.8. The molecule has 4 nitrogen and oxygen atoms in total. The standard InChI is InChI=1S/C9H9NO3/c11-9(12)6-1-2-8-7(5-6)10-3-4-13-8/h1-2,5,10H,3-4H2,(H,11,12). The van der Waals surface area contributed by atoms with Crippen LogP contribution in [0.4, 0.5) is 5.69 Å². The molecule has 2 rings (SSSR count). The molecule has 0 unspecified atom stereocenters. The monoisotopic (exact) mass is 179 g/mol. The Morgan fingerprint density at radius 1 is 1.54 bits per heavy atom. The van der Waals surface area contributed by atoms with Gasteiger partial charge in [0.2, 0.25) is 0 Å². The van der Waals surface area contributed by atoms with Crippen LogP contribution in [0.25, 0.3) is 0 Å². The highest BCUT2D eigenvalue weighted by Crippen LogP contribution is 2.27. The Morgan fingerprint density at radius 2 is 2.38 bits per heavy atom. The van der Waals surface area contributed by atoms with Crippen molar-refractivity contribution >= 4 is 11.7 Å². The van der Waals surface area contributed by atoms with E-state index in [-0.39, 0.29) is 5.56 Å². The fourth-order valence-electron chi connectivity index (χ4n) is 1.27. The van der Waals surface area contributed by atoms with Crippen LogP contribution in [-0.4, -0.2) is 24.2 Å². The molecule has 0 atom stereocenters. The molecule has 0 aliphatic carbocycles. The van der Waals surface area contributed by atoms with E-state index in [1.54, 1.807) is 12.1 Å². The first-order valence-corrected chi connectivity index (χ1v) is 4.01. The van der Waals surface area contributed by atoms with Gasteiger partial charge in [-0.2, -0.15) is 0 Å². The maximum Gasteiger partial charge on any atom is 0.335 e. The number of aromatic carboxylic acids is 1. The van der Waals surface area contributed by atoms with Crippen molar-refractivity contribution in [2.75, 3.05) is 18.5 Å². The molecular formula is C9H9NO3. The molecule has 0 radical (unpaired) electrons. The lowest BCUT2D eigenvalue weighted by Crippen LogP contribution is -2.18. The molecular weight excluding hydrogens is 170 g/mol. The molecule has 1 heterocycles. The first kappa shape index (κ1) is 7.91. The Morgan fingerprint density at radius 3 is 3.15 bits per heavy atom. The second-order valence-corrected chi connectivity index (χ2v) is 2.79. The Hall–Kier alpha value is -1.71. The molecule has 0 amide bonds. The van der Waals surface area contributed by atoms with E-state index in [0.29, 0.717) is 6.61 Å². The summed E-state index contributed by atoms with van der Waals surface area (Å²) in [6.07, 6.45) is 0. The third-order valence-corrected chi connectivity index (χ3v) is 1.90. The lowest BCUT2D eigenvalue weighted by molar-refractivity contribution is 0.0697. The lowest BCUT2D eigenvalue weighted by atomic mass is 10.2. The number of carboxylic acid groups (broad SMARTS) is 1. The van der Waals surface area contributed by atoms with Gasteiger partial charge in [0, 0.05) is 6.54 Å². The van der Waals surface area contributed by atoms with Crippen LogP contribution < -0.4 is 10.1 Å². The van der Waals surface area contributed by atoms with Crippen LogP contribution in [-0.2, 0) is 0 Å². The van der Waals surface area contributed by atoms with Crippen molar-refractivity contribution in [1.82, 2.24) is 0 Å². The number of hydrogen-bond acceptors (Lipinski definition) is 3. The van der Waals surface area contributed by atoms with Gasteiger partial charge >= 0.3 is 5.97 Å². The fourth-order valence-corrected chi connectivity index (χ4v) is 1.27. The van der Waals surface area contributed by atoms with Gasteiger partial charge in [-0.05, 0) is 18.2 Å². The number of fused-ring (bicyclic) bond motifs is 1. The highest BCUT2D eigenvalue weighted by atomic mass is 16.5. The van der Waals surface area contributed by atoms with Crippen LogP contribution in [0.3, 0.4) is 0 Å². The number of rotatable bonds is 1. The van der Waals surface area contributed by atoms with E-state index in [2.05, 4.69) is 5.32 Å². The molecule has 0 saturated carbocycles. The van der Waals surface area contributed by atoms with E-state index in [4.69, 9.17) is 9.84 Å². The minimum absolute atomic E-state index is 0.275. The summed E-state index contributed by atoms with van der Waals surface area (Å²) in [5.74, 6) is -0.202. The summed E-state index contributed by atoms with van der Waals surface area (Å²) >= 11 is 0. The van der Waals surface area contributed by atoms with Crippen molar-refractivity contribution in [2.24, 2.45) is 0 Å². The van der Waals surface area contributed by atoms with Crippen LogP contribution in [0.5, 0.6) is 5.75 Å². The molecule has 0 saturated heterocycles. The third-order valence-electron chi connectivity index (χ3n) is 1.90. The zero-order valence-corrected chi connectivity index (χ0v) is 6.91. The summed E-state index contributed by atoms with van der Waals surface area (Å²) in [6, 6.07) is 4.79. The SMILES string of the molecule is O=C(O)c1ccc2c(c1)NCCO2. The molecule has 0 fully saturated rings. The van der Waals surface area contributed by atoms with Gasteiger partial charge in [0.05, 0.1) is 11.3 Å². The van der Waals surface area contributed by atoms with E-state index in [9.17, 15) is 4.79 Å².